The summed E-state index contributed by atoms with van der Waals surface area (Å²) in [5.74, 6) is 1.54. The molecule has 2 aromatic heterocycles. The van der Waals surface area contributed by atoms with Crippen molar-refractivity contribution in [3.8, 4) is 0 Å². The van der Waals surface area contributed by atoms with Gasteiger partial charge in [-0.2, -0.15) is 0 Å². The van der Waals surface area contributed by atoms with Gasteiger partial charge in [0.15, 0.2) is 5.82 Å². The van der Waals surface area contributed by atoms with Crippen molar-refractivity contribution in [2.24, 2.45) is 0 Å². The molecule has 14 heavy (non-hydrogen) atoms. The Morgan fingerprint density at radius 2 is 2.36 bits per heavy atom. The predicted molar refractivity (Wildman–Crippen MR) is 52.8 cm³/mol. The molecule has 0 bridgehead atoms. The van der Waals surface area contributed by atoms with Crippen LogP contribution in [-0.2, 0) is 6.54 Å². The van der Waals surface area contributed by atoms with Gasteiger partial charge in [0.25, 0.3) is 0 Å². The quantitative estimate of drug-likeness (QED) is 0.802. The third kappa shape index (κ3) is 2.10. The summed E-state index contributed by atoms with van der Waals surface area (Å²) >= 11 is 0. The molecule has 1 N–H and O–H groups in total. The summed E-state index contributed by atoms with van der Waals surface area (Å²) < 4.78 is 4.92. The van der Waals surface area contributed by atoms with Crippen LogP contribution in [0.3, 0.4) is 0 Å². The first kappa shape index (κ1) is 8.74. The fourth-order valence-corrected chi connectivity index (χ4v) is 1.13. The molecule has 0 unspecified atom stereocenters. The second kappa shape index (κ2) is 3.91. The Hall–Kier alpha value is -1.84. The molecule has 72 valence electrons. The molecule has 0 atom stereocenters. The van der Waals surface area contributed by atoms with Crippen molar-refractivity contribution in [3.05, 3.63) is 41.9 Å². The van der Waals surface area contributed by atoms with E-state index in [2.05, 4.69) is 15.5 Å². The molecular formula is C10H11N3O. The fraction of sp³-hybridized carbons (Fsp3) is 0.200. The van der Waals surface area contributed by atoms with E-state index in [0.29, 0.717) is 6.54 Å². The normalized spacial score (nSPS) is 10.1. The van der Waals surface area contributed by atoms with Gasteiger partial charge in [0.1, 0.15) is 5.76 Å². The number of nitrogens with one attached hydrogen (secondary N) is 1. The molecule has 0 aliphatic heterocycles. The number of aromatic nitrogens is 2. The first-order valence-corrected chi connectivity index (χ1v) is 4.42. The zero-order valence-electron chi connectivity index (χ0n) is 7.90. The monoisotopic (exact) mass is 189 g/mol. The van der Waals surface area contributed by atoms with Crippen molar-refractivity contribution in [3.63, 3.8) is 0 Å². The van der Waals surface area contributed by atoms with Crippen LogP contribution in [0, 0.1) is 6.92 Å². The van der Waals surface area contributed by atoms with Crippen LogP contribution >= 0.6 is 0 Å². The van der Waals surface area contributed by atoms with E-state index in [1.54, 1.807) is 6.20 Å². The third-order valence-electron chi connectivity index (χ3n) is 1.80. The van der Waals surface area contributed by atoms with Gasteiger partial charge in [-0.05, 0) is 19.1 Å². The van der Waals surface area contributed by atoms with Crippen molar-refractivity contribution >= 4 is 5.82 Å². The highest BCUT2D eigenvalue weighted by Gasteiger charge is 1.98. The molecule has 0 fully saturated rings. The molecule has 4 nitrogen and oxygen atoms in total. The number of anilines is 1. The summed E-state index contributed by atoms with van der Waals surface area (Å²) in [6.45, 7) is 2.52. The zero-order chi connectivity index (χ0) is 9.80. The van der Waals surface area contributed by atoms with Crippen LogP contribution in [0.25, 0.3) is 0 Å². The summed E-state index contributed by atoms with van der Waals surface area (Å²) in [4.78, 5) is 4.18. The van der Waals surface area contributed by atoms with Crippen molar-refractivity contribution in [1.29, 1.82) is 0 Å². The Kier molecular flexibility index (Phi) is 2.44. The number of hydrogen-bond donors (Lipinski definition) is 1. The van der Waals surface area contributed by atoms with E-state index in [4.69, 9.17) is 4.52 Å². The second-order valence-electron chi connectivity index (χ2n) is 3.00. The van der Waals surface area contributed by atoms with Crippen LogP contribution in [0.1, 0.15) is 11.5 Å². The second-order valence-corrected chi connectivity index (χ2v) is 3.00. The first-order valence-electron chi connectivity index (χ1n) is 4.42. The predicted octanol–water partition coefficient (Wildman–Crippen LogP) is 1.99. The molecule has 2 aromatic rings. The Labute approximate surface area is 82.0 Å². The Morgan fingerprint density at radius 3 is 3.00 bits per heavy atom. The summed E-state index contributed by atoms with van der Waals surface area (Å²) in [5, 5.41) is 6.93. The van der Waals surface area contributed by atoms with Crippen LogP contribution in [0.4, 0.5) is 5.82 Å². The maximum Gasteiger partial charge on any atom is 0.169 e. The minimum atomic E-state index is 0.660. The largest absolute Gasteiger partial charge is 0.362 e. The van der Waals surface area contributed by atoms with E-state index in [1.165, 1.54) is 0 Å². The lowest BCUT2D eigenvalue weighted by molar-refractivity contribution is 0.399. The topological polar surface area (TPSA) is 51.0 Å². The van der Waals surface area contributed by atoms with Crippen LogP contribution in [0.5, 0.6) is 0 Å². The molecule has 0 radical (unpaired) electrons. The SMILES string of the molecule is Cc1cc(NCc2ccccn2)no1. The molecule has 2 heterocycles. The van der Waals surface area contributed by atoms with E-state index in [0.717, 1.165) is 17.3 Å². The van der Waals surface area contributed by atoms with Gasteiger partial charge in [0, 0.05) is 12.3 Å². The number of hydrogen-bond acceptors (Lipinski definition) is 4. The summed E-state index contributed by atoms with van der Waals surface area (Å²) in [5.41, 5.74) is 0.980. The molecule has 0 saturated heterocycles. The lowest BCUT2D eigenvalue weighted by Gasteiger charge is -1.99. The van der Waals surface area contributed by atoms with Crippen LogP contribution < -0.4 is 5.32 Å². The van der Waals surface area contributed by atoms with Crippen molar-refractivity contribution < 1.29 is 4.52 Å². The van der Waals surface area contributed by atoms with Crippen LogP contribution in [-0.4, -0.2) is 10.1 Å². The van der Waals surface area contributed by atoms with E-state index in [1.807, 2.05) is 31.2 Å². The molecule has 0 amide bonds. The molecule has 2 rings (SSSR count). The average molecular weight is 189 g/mol. The average Bonchev–Trinajstić information content (AvgIpc) is 2.63. The van der Waals surface area contributed by atoms with Gasteiger partial charge in [-0.1, -0.05) is 11.2 Å². The first-order chi connectivity index (χ1) is 6.84. The molecular weight excluding hydrogens is 178 g/mol. The summed E-state index contributed by atoms with van der Waals surface area (Å²) in [7, 11) is 0. The van der Waals surface area contributed by atoms with Gasteiger partial charge in [0.2, 0.25) is 0 Å². The highest BCUT2D eigenvalue weighted by atomic mass is 16.5. The third-order valence-corrected chi connectivity index (χ3v) is 1.80. The van der Waals surface area contributed by atoms with Crippen LogP contribution in [0.15, 0.2) is 35.0 Å². The van der Waals surface area contributed by atoms with Gasteiger partial charge in [0.05, 0.1) is 12.2 Å². The van der Waals surface area contributed by atoms with E-state index in [9.17, 15) is 0 Å². The van der Waals surface area contributed by atoms with Gasteiger partial charge in [-0.3, -0.25) is 4.98 Å². The standard InChI is InChI=1S/C10H11N3O/c1-8-6-10(13-14-8)12-7-9-4-2-3-5-11-9/h2-6H,7H2,1H3,(H,12,13). The van der Waals surface area contributed by atoms with Gasteiger partial charge in [-0.15, -0.1) is 0 Å². The minimum absolute atomic E-state index is 0.660. The van der Waals surface area contributed by atoms with Gasteiger partial charge >= 0.3 is 0 Å². The number of aryl methyl sites for hydroxylation is 1. The Morgan fingerprint density at radius 1 is 1.43 bits per heavy atom. The van der Waals surface area contributed by atoms with E-state index in [-0.39, 0.29) is 0 Å². The maximum absolute atomic E-state index is 4.92. The van der Waals surface area contributed by atoms with Gasteiger partial charge < -0.3 is 9.84 Å². The molecule has 0 aromatic carbocycles. The highest BCUT2D eigenvalue weighted by Crippen LogP contribution is 2.07. The van der Waals surface area contributed by atoms with Crippen molar-refractivity contribution in [2.45, 2.75) is 13.5 Å². The molecule has 0 spiro atoms. The number of rotatable bonds is 3. The maximum atomic E-state index is 4.92. The summed E-state index contributed by atoms with van der Waals surface area (Å²) in [6.07, 6.45) is 1.77. The Bertz CT molecular complexity index is 397. The highest BCUT2D eigenvalue weighted by molar-refractivity contribution is 5.33. The molecule has 0 saturated carbocycles. The summed E-state index contributed by atoms with van der Waals surface area (Å²) in [6, 6.07) is 7.66. The smallest absolute Gasteiger partial charge is 0.169 e. The van der Waals surface area contributed by atoms with Crippen molar-refractivity contribution in [2.75, 3.05) is 5.32 Å². The minimum Gasteiger partial charge on any atom is -0.362 e. The lowest BCUT2D eigenvalue weighted by atomic mass is 10.3. The molecule has 0 aliphatic carbocycles. The Balaban J connectivity index is 1.95. The van der Waals surface area contributed by atoms with Gasteiger partial charge in [-0.25, -0.2) is 0 Å². The number of pyridine rings is 1. The molecule has 0 aliphatic rings. The van der Waals surface area contributed by atoms with E-state index >= 15 is 0 Å². The molecule has 4 heteroatoms. The van der Waals surface area contributed by atoms with E-state index < -0.39 is 0 Å². The fourth-order valence-electron chi connectivity index (χ4n) is 1.13. The zero-order valence-corrected chi connectivity index (χ0v) is 7.90. The number of nitrogens with zero attached hydrogens (tertiary/aromatic N) is 2. The van der Waals surface area contributed by atoms with Crippen LogP contribution in [0.2, 0.25) is 0 Å². The van der Waals surface area contributed by atoms with Crippen molar-refractivity contribution in [1.82, 2.24) is 10.1 Å². The lowest BCUT2D eigenvalue weighted by Crippen LogP contribution is -2.00.